The Kier molecular flexibility index (Phi) is 4.24. The second-order valence-electron chi connectivity index (χ2n) is 6.36. The van der Waals surface area contributed by atoms with Crippen LogP contribution in [0.2, 0.25) is 0 Å². The number of likely N-dealkylation sites (tertiary alicyclic amines) is 1. The number of carbonyl (C=O) groups is 1. The third kappa shape index (κ3) is 3.10. The summed E-state index contributed by atoms with van der Waals surface area (Å²) >= 11 is 0. The summed E-state index contributed by atoms with van der Waals surface area (Å²) < 4.78 is 13.4. The van der Waals surface area contributed by atoms with Gasteiger partial charge in [-0.2, -0.15) is 0 Å². The van der Waals surface area contributed by atoms with Crippen molar-refractivity contribution in [2.75, 3.05) is 6.54 Å². The quantitative estimate of drug-likeness (QED) is 0.930. The molecule has 2 N–H and O–H groups in total. The molecule has 0 radical (unpaired) electrons. The van der Waals surface area contributed by atoms with Gasteiger partial charge in [0.25, 0.3) is 0 Å². The van der Waals surface area contributed by atoms with Crippen molar-refractivity contribution in [2.45, 2.75) is 50.6 Å². The summed E-state index contributed by atoms with van der Waals surface area (Å²) in [4.78, 5) is 14.5. The summed E-state index contributed by atoms with van der Waals surface area (Å²) in [5.41, 5.74) is 6.98. The first kappa shape index (κ1) is 14.5. The number of nitrogens with two attached hydrogens (primary N) is 1. The highest BCUT2D eigenvalue weighted by molar-refractivity contribution is 5.77. The van der Waals surface area contributed by atoms with Crippen molar-refractivity contribution in [1.82, 2.24) is 4.90 Å². The molecule has 1 aromatic rings. The Morgan fingerprint density at radius 1 is 1.29 bits per heavy atom. The minimum Gasteiger partial charge on any atom is -0.336 e. The minimum atomic E-state index is -0.232. The Bertz CT molecular complexity index is 519. The maximum Gasteiger partial charge on any atom is 0.223 e. The van der Waals surface area contributed by atoms with Crippen LogP contribution in [-0.2, 0) is 4.79 Å². The maximum atomic E-state index is 13.4. The van der Waals surface area contributed by atoms with Crippen LogP contribution >= 0.6 is 0 Å². The van der Waals surface area contributed by atoms with Crippen LogP contribution in [0.1, 0.15) is 50.1 Å². The molecule has 0 spiro atoms. The topological polar surface area (TPSA) is 46.3 Å². The molecule has 1 unspecified atom stereocenters. The summed E-state index contributed by atoms with van der Waals surface area (Å²) in [6.45, 7) is 0.780. The zero-order valence-electron chi connectivity index (χ0n) is 12.3. The molecule has 1 aliphatic carbocycles. The molecule has 1 amide bonds. The molecule has 1 aromatic carbocycles. The van der Waals surface area contributed by atoms with E-state index < -0.39 is 0 Å². The molecule has 1 saturated carbocycles. The van der Waals surface area contributed by atoms with Crippen LogP contribution in [0.25, 0.3) is 0 Å². The van der Waals surface area contributed by atoms with E-state index in [1.165, 1.54) is 6.07 Å². The van der Waals surface area contributed by atoms with Gasteiger partial charge in [0.15, 0.2) is 0 Å². The lowest BCUT2D eigenvalue weighted by Crippen LogP contribution is -2.35. The highest BCUT2D eigenvalue weighted by Gasteiger charge is 2.33. The highest BCUT2D eigenvalue weighted by Crippen LogP contribution is 2.35. The summed E-state index contributed by atoms with van der Waals surface area (Å²) in [6.07, 6.45) is 5.69. The smallest absolute Gasteiger partial charge is 0.223 e. The number of carbonyl (C=O) groups excluding carboxylic acids is 1. The molecule has 21 heavy (non-hydrogen) atoms. The van der Waals surface area contributed by atoms with Gasteiger partial charge in [0.1, 0.15) is 5.82 Å². The Morgan fingerprint density at radius 3 is 2.86 bits per heavy atom. The van der Waals surface area contributed by atoms with Gasteiger partial charge >= 0.3 is 0 Å². The number of halogens is 1. The molecular formula is C17H23FN2O. The van der Waals surface area contributed by atoms with Crippen LogP contribution < -0.4 is 5.73 Å². The van der Waals surface area contributed by atoms with Gasteiger partial charge in [-0.3, -0.25) is 4.79 Å². The van der Waals surface area contributed by atoms with Crippen LogP contribution in [0.4, 0.5) is 4.39 Å². The van der Waals surface area contributed by atoms with Crippen molar-refractivity contribution >= 4 is 5.91 Å². The highest BCUT2D eigenvalue weighted by atomic mass is 19.1. The zero-order chi connectivity index (χ0) is 14.8. The monoisotopic (exact) mass is 290 g/mol. The van der Waals surface area contributed by atoms with Gasteiger partial charge < -0.3 is 10.6 Å². The predicted octanol–water partition coefficient (Wildman–Crippen LogP) is 3.01. The second-order valence-corrected chi connectivity index (χ2v) is 6.36. The number of benzene rings is 1. The van der Waals surface area contributed by atoms with E-state index in [0.29, 0.717) is 12.3 Å². The number of amides is 1. The van der Waals surface area contributed by atoms with E-state index in [1.807, 2.05) is 11.0 Å². The average molecular weight is 290 g/mol. The van der Waals surface area contributed by atoms with E-state index >= 15 is 0 Å². The van der Waals surface area contributed by atoms with Gasteiger partial charge in [-0.25, -0.2) is 4.39 Å². The van der Waals surface area contributed by atoms with Crippen molar-refractivity contribution in [1.29, 1.82) is 0 Å². The van der Waals surface area contributed by atoms with Crippen LogP contribution in [0, 0.1) is 11.7 Å². The van der Waals surface area contributed by atoms with Gasteiger partial charge in [0.2, 0.25) is 5.91 Å². The van der Waals surface area contributed by atoms with Crippen LogP contribution in [0.3, 0.4) is 0 Å². The second kappa shape index (κ2) is 6.14. The van der Waals surface area contributed by atoms with E-state index in [4.69, 9.17) is 5.73 Å². The van der Waals surface area contributed by atoms with E-state index in [-0.39, 0.29) is 23.8 Å². The van der Waals surface area contributed by atoms with Crippen LogP contribution in [-0.4, -0.2) is 23.4 Å². The van der Waals surface area contributed by atoms with Gasteiger partial charge in [-0.05, 0) is 49.3 Å². The number of rotatable bonds is 3. The van der Waals surface area contributed by atoms with Gasteiger partial charge in [-0.1, -0.05) is 18.6 Å². The van der Waals surface area contributed by atoms with E-state index in [2.05, 4.69) is 0 Å². The lowest BCUT2D eigenvalue weighted by Gasteiger charge is -2.27. The molecule has 1 aliphatic heterocycles. The van der Waals surface area contributed by atoms with Gasteiger partial charge in [0.05, 0.1) is 6.04 Å². The molecule has 3 nitrogen and oxygen atoms in total. The fourth-order valence-electron chi connectivity index (χ4n) is 3.79. The lowest BCUT2D eigenvalue weighted by molar-refractivity contribution is -0.133. The molecular weight excluding hydrogens is 267 g/mol. The Labute approximate surface area is 125 Å². The Morgan fingerprint density at radius 2 is 2.14 bits per heavy atom. The number of nitrogens with zero attached hydrogens (tertiary/aromatic N) is 1. The summed E-state index contributed by atoms with van der Waals surface area (Å²) in [7, 11) is 0. The molecule has 4 heteroatoms. The molecule has 1 heterocycles. The lowest BCUT2D eigenvalue weighted by atomic mass is 9.98. The molecule has 3 atom stereocenters. The summed E-state index contributed by atoms with van der Waals surface area (Å²) in [6, 6.07) is 6.84. The molecule has 0 bridgehead atoms. The Hall–Kier alpha value is -1.42. The molecule has 114 valence electrons. The fourth-order valence-corrected chi connectivity index (χ4v) is 3.79. The SMILES string of the molecule is N[C@@H]1CCC[C@H]1CC(=O)N1CCCC1c1cccc(F)c1. The largest absolute Gasteiger partial charge is 0.336 e. The number of hydrogen-bond donors (Lipinski definition) is 1. The Balaban J connectivity index is 1.70. The molecule has 0 aromatic heterocycles. The standard InChI is InChI=1S/C17H23FN2O/c18-14-6-1-5-13(10-14)16-8-3-9-20(16)17(21)11-12-4-2-7-15(12)19/h1,5-6,10,12,15-16H,2-4,7-9,11,19H2/t12-,15+,16?/m0/s1. The zero-order valence-corrected chi connectivity index (χ0v) is 12.3. The summed E-state index contributed by atoms with van der Waals surface area (Å²) in [5.74, 6) is 0.278. The van der Waals surface area contributed by atoms with Crippen LogP contribution in [0.15, 0.2) is 24.3 Å². The minimum absolute atomic E-state index is 0.0332. The van der Waals surface area contributed by atoms with Gasteiger partial charge in [-0.15, -0.1) is 0 Å². The first-order valence-corrected chi connectivity index (χ1v) is 7.95. The van der Waals surface area contributed by atoms with Crippen LogP contribution in [0.5, 0.6) is 0 Å². The molecule has 2 fully saturated rings. The normalized spacial score (nSPS) is 29.0. The van der Waals surface area contributed by atoms with Crippen molar-refractivity contribution in [3.63, 3.8) is 0 Å². The van der Waals surface area contributed by atoms with Crippen molar-refractivity contribution in [3.05, 3.63) is 35.6 Å². The van der Waals surface area contributed by atoms with E-state index in [1.54, 1.807) is 12.1 Å². The third-order valence-corrected chi connectivity index (χ3v) is 4.96. The van der Waals surface area contributed by atoms with Crippen molar-refractivity contribution in [2.24, 2.45) is 11.7 Å². The van der Waals surface area contributed by atoms with Crippen molar-refractivity contribution in [3.8, 4) is 0 Å². The first-order chi connectivity index (χ1) is 10.1. The predicted molar refractivity (Wildman–Crippen MR) is 80.0 cm³/mol. The fraction of sp³-hybridized carbons (Fsp3) is 0.588. The van der Waals surface area contributed by atoms with E-state index in [0.717, 1.165) is 44.2 Å². The average Bonchev–Trinajstić information content (AvgIpc) is 3.08. The molecule has 1 saturated heterocycles. The number of hydrogen-bond acceptors (Lipinski definition) is 2. The van der Waals surface area contributed by atoms with Crippen molar-refractivity contribution < 1.29 is 9.18 Å². The molecule has 2 aliphatic rings. The third-order valence-electron chi connectivity index (χ3n) is 4.96. The van der Waals surface area contributed by atoms with Gasteiger partial charge in [0, 0.05) is 19.0 Å². The first-order valence-electron chi connectivity index (χ1n) is 7.95. The summed E-state index contributed by atoms with van der Waals surface area (Å²) in [5, 5.41) is 0. The van der Waals surface area contributed by atoms with E-state index in [9.17, 15) is 9.18 Å². The molecule has 3 rings (SSSR count). The maximum absolute atomic E-state index is 13.4.